The van der Waals surface area contributed by atoms with Gasteiger partial charge < -0.3 is 15.2 Å². The van der Waals surface area contributed by atoms with Gasteiger partial charge in [0.2, 0.25) is 0 Å². The van der Waals surface area contributed by atoms with Crippen molar-refractivity contribution >= 4 is 29.1 Å². The number of benzene rings is 1. The standard InChI is InChI=1S/C21H22ClNO4/c1-4-14(15-8-5-6-11-18(15)22)12-19(27-3)13(2)23-20(24)16-9-7-10-17(16)21(25)26/h4-6,8,11-12H,1,7,9-10H2,2-3H3,(H,23,24)(H,25,26)/b14-12+,19-13-. The van der Waals surface area contributed by atoms with Crippen molar-refractivity contribution < 1.29 is 19.4 Å². The van der Waals surface area contributed by atoms with E-state index in [1.165, 1.54) is 7.11 Å². The Balaban J connectivity index is 2.34. The average Bonchev–Trinajstić information content (AvgIpc) is 3.14. The molecule has 0 saturated carbocycles. The van der Waals surface area contributed by atoms with Crippen LogP contribution in [-0.2, 0) is 14.3 Å². The minimum absolute atomic E-state index is 0.178. The summed E-state index contributed by atoms with van der Waals surface area (Å²) in [6.07, 6.45) is 4.90. The molecular formula is C21H22ClNO4. The molecule has 2 N–H and O–H groups in total. The van der Waals surface area contributed by atoms with Gasteiger partial charge in [-0.2, -0.15) is 0 Å². The fourth-order valence-electron chi connectivity index (χ4n) is 2.94. The summed E-state index contributed by atoms with van der Waals surface area (Å²) >= 11 is 6.24. The summed E-state index contributed by atoms with van der Waals surface area (Å²) in [5.41, 5.74) is 2.49. The van der Waals surface area contributed by atoms with Gasteiger partial charge in [0, 0.05) is 21.7 Å². The molecule has 0 aliphatic heterocycles. The molecule has 0 radical (unpaired) electrons. The Hall–Kier alpha value is -2.79. The van der Waals surface area contributed by atoms with Crippen LogP contribution in [0.25, 0.3) is 5.57 Å². The lowest BCUT2D eigenvalue weighted by atomic mass is 10.0. The summed E-state index contributed by atoms with van der Waals surface area (Å²) in [5.74, 6) is -1.03. The molecule has 2 rings (SSSR count). The Bertz CT molecular complexity index is 865. The Morgan fingerprint density at radius 3 is 2.52 bits per heavy atom. The van der Waals surface area contributed by atoms with Crippen LogP contribution < -0.4 is 5.32 Å². The highest BCUT2D eigenvalue weighted by molar-refractivity contribution is 6.32. The second kappa shape index (κ2) is 9.24. The Labute approximate surface area is 163 Å². The number of methoxy groups -OCH3 is 1. The van der Waals surface area contributed by atoms with Crippen molar-refractivity contribution in [2.24, 2.45) is 0 Å². The van der Waals surface area contributed by atoms with Crippen molar-refractivity contribution in [3.05, 3.63) is 76.2 Å². The van der Waals surface area contributed by atoms with Crippen LogP contribution in [0.15, 0.2) is 65.6 Å². The smallest absolute Gasteiger partial charge is 0.332 e. The van der Waals surface area contributed by atoms with Crippen molar-refractivity contribution in [2.75, 3.05) is 7.11 Å². The van der Waals surface area contributed by atoms with Crippen LogP contribution in [0.3, 0.4) is 0 Å². The van der Waals surface area contributed by atoms with E-state index in [9.17, 15) is 14.7 Å². The number of amides is 1. The Morgan fingerprint density at radius 2 is 1.93 bits per heavy atom. The lowest BCUT2D eigenvalue weighted by Gasteiger charge is -2.12. The molecule has 0 bridgehead atoms. The second-order valence-electron chi connectivity index (χ2n) is 6.05. The van der Waals surface area contributed by atoms with Crippen LogP contribution in [0, 0.1) is 0 Å². The fraction of sp³-hybridized carbons (Fsp3) is 0.238. The number of halogens is 1. The highest BCUT2D eigenvalue weighted by atomic mass is 35.5. The van der Waals surface area contributed by atoms with E-state index in [0.29, 0.717) is 41.3 Å². The van der Waals surface area contributed by atoms with E-state index in [2.05, 4.69) is 11.9 Å². The van der Waals surface area contributed by atoms with Gasteiger partial charge in [-0.25, -0.2) is 4.79 Å². The van der Waals surface area contributed by atoms with E-state index < -0.39 is 11.9 Å². The SMILES string of the molecule is C=C/C(=C\C(OC)=C(/C)NC(=O)C1=C(C(=O)O)CCC1)c1ccccc1Cl. The number of aliphatic carboxylic acids is 1. The molecule has 1 aromatic carbocycles. The molecule has 0 spiro atoms. The van der Waals surface area contributed by atoms with Gasteiger partial charge in [-0.15, -0.1) is 0 Å². The van der Waals surface area contributed by atoms with Crippen molar-refractivity contribution in [3.63, 3.8) is 0 Å². The zero-order valence-corrected chi connectivity index (χ0v) is 16.1. The molecule has 0 aromatic heterocycles. The Morgan fingerprint density at radius 1 is 1.26 bits per heavy atom. The van der Waals surface area contributed by atoms with Crippen LogP contribution in [0.5, 0.6) is 0 Å². The molecule has 0 saturated heterocycles. The first kappa shape index (κ1) is 20.5. The van der Waals surface area contributed by atoms with E-state index in [4.69, 9.17) is 16.3 Å². The summed E-state index contributed by atoms with van der Waals surface area (Å²) in [4.78, 5) is 23.7. The summed E-state index contributed by atoms with van der Waals surface area (Å²) in [6, 6.07) is 7.34. The van der Waals surface area contributed by atoms with E-state index in [-0.39, 0.29) is 5.57 Å². The predicted octanol–water partition coefficient (Wildman–Crippen LogP) is 4.47. The lowest BCUT2D eigenvalue weighted by Crippen LogP contribution is -2.25. The van der Waals surface area contributed by atoms with Crippen LogP contribution >= 0.6 is 11.6 Å². The van der Waals surface area contributed by atoms with Gasteiger partial charge in [-0.3, -0.25) is 4.79 Å². The normalized spacial score (nSPS) is 15.3. The molecule has 0 heterocycles. The van der Waals surface area contributed by atoms with Crippen LogP contribution in [-0.4, -0.2) is 24.1 Å². The zero-order chi connectivity index (χ0) is 20.0. The molecule has 6 heteroatoms. The third-order valence-electron chi connectivity index (χ3n) is 4.33. The van der Waals surface area contributed by atoms with Crippen molar-refractivity contribution in [1.82, 2.24) is 5.32 Å². The molecular weight excluding hydrogens is 366 g/mol. The topological polar surface area (TPSA) is 75.6 Å². The molecule has 5 nitrogen and oxygen atoms in total. The maximum atomic E-state index is 12.5. The molecule has 1 aliphatic carbocycles. The van der Waals surface area contributed by atoms with E-state index in [0.717, 1.165) is 11.1 Å². The van der Waals surface area contributed by atoms with Crippen molar-refractivity contribution in [2.45, 2.75) is 26.2 Å². The van der Waals surface area contributed by atoms with Crippen LogP contribution in [0.4, 0.5) is 0 Å². The highest BCUT2D eigenvalue weighted by Gasteiger charge is 2.25. The van der Waals surface area contributed by atoms with Gasteiger partial charge in [-0.1, -0.05) is 42.5 Å². The first-order chi connectivity index (χ1) is 12.9. The van der Waals surface area contributed by atoms with Crippen molar-refractivity contribution in [1.29, 1.82) is 0 Å². The van der Waals surface area contributed by atoms with E-state index in [1.54, 1.807) is 25.1 Å². The maximum Gasteiger partial charge on any atom is 0.332 e. The number of carboxylic acid groups (broad SMARTS) is 1. The zero-order valence-electron chi connectivity index (χ0n) is 15.3. The largest absolute Gasteiger partial charge is 0.495 e. The lowest BCUT2D eigenvalue weighted by molar-refractivity contribution is -0.133. The molecule has 0 unspecified atom stereocenters. The monoisotopic (exact) mass is 387 g/mol. The second-order valence-corrected chi connectivity index (χ2v) is 6.45. The molecule has 1 aliphatic rings. The van der Waals surface area contributed by atoms with Gasteiger partial charge in [-0.05, 0) is 43.9 Å². The number of allylic oxidation sites excluding steroid dienone is 4. The van der Waals surface area contributed by atoms with Gasteiger partial charge in [0.25, 0.3) is 5.91 Å². The highest BCUT2D eigenvalue weighted by Crippen LogP contribution is 2.28. The third kappa shape index (κ3) is 4.89. The molecule has 0 atom stereocenters. The fourth-order valence-corrected chi connectivity index (χ4v) is 3.19. The number of carbonyl (C=O) groups is 2. The predicted molar refractivity (Wildman–Crippen MR) is 106 cm³/mol. The van der Waals surface area contributed by atoms with Crippen molar-refractivity contribution in [3.8, 4) is 0 Å². The summed E-state index contributed by atoms with van der Waals surface area (Å²) in [5, 5.41) is 12.5. The van der Waals surface area contributed by atoms with E-state index >= 15 is 0 Å². The van der Waals surface area contributed by atoms with Crippen LogP contribution in [0.1, 0.15) is 31.7 Å². The van der Waals surface area contributed by atoms with Crippen LogP contribution in [0.2, 0.25) is 5.02 Å². The number of hydrogen-bond acceptors (Lipinski definition) is 3. The number of nitrogens with one attached hydrogen (secondary N) is 1. The minimum atomic E-state index is -1.04. The third-order valence-corrected chi connectivity index (χ3v) is 4.66. The quantitative estimate of drug-likeness (QED) is 0.534. The molecule has 142 valence electrons. The summed E-state index contributed by atoms with van der Waals surface area (Å²) in [7, 11) is 1.49. The number of rotatable bonds is 7. The number of carbonyl (C=O) groups excluding carboxylic acids is 1. The van der Waals surface area contributed by atoms with E-state index in [1.807, 2.05) is 18.2 Å². The first-order valence-electron chi connectivity index (χ1n) is 8.49. The average molecular weight is 388 g/mol. The molecule has 0 fully saturated rings. The minimum Gasteiger partial charge on any atom is -0.495 e. The molecule has 1 aromatic rings. The molecule has 1 amide bonds. The Kier molecular flexibility index (Phi) is 7.02. The summed E-state index contributed by atoms with van der Waals surface area (Å²) in [6.45, 7) is 5.50. The summed E-state index contributed by atoms with van der Waals surface area (Å²) < 4.78 is 5.41. The number of hydrogen-bond donors (Lipinski definition) is 2. The number of ether oxygens (including phenoxy) is 1. The van der Waals surface area contributed by atoms with Gasteiger partial charge in [0.05, 0.1) is 12.8 Å². The van der Waals surface area contributed by atoms with Gasteiger partial charge in [0.15, 0.2) is 0 Å². The van der Waals surface area contributed by atoms with Gasteiger partial charge >= 0.3 is 5.97 Å². The first-order valence-corrected chi connectivity index (χ1v) is 8.87. The number of carboxylic acids is 1. The van der Waals surface area contributed by atoms with Gasteiger partial charge in [0.1, 0.15) is 5.76 Å². The maximum absolute atomic E-state index is 12.5. The molecule has 27 heavy (non-hydrogen) atoms.